The van der Waals surface area contributed by atoms with E-state index in [0.29, 0.717) is 12.2 Å². The van der Waals surface area contributed by atoms with Gasteiger partial charge in [-0.3, -0.25) is 0 Å². The molecule has 0 bridgehead atoms. The van der Waals surface area contributed by atoms with Crippen LogP contribution in [0.2, 0.25) is 0 Å². The van der Waals surface area contributed by atoms with Crippen LogP contribution in [0.3, 0.4) is 0 Å². The summed E-state index contributed by atoms with van der Waals surface area (Å²) in [6.45, 7) is 0.422. The first-order chi connectivity index (χ1) is 7.72. The molecule has 1 saturated heterocycles. The Kier molecular flexibility index (Phi) is 2.76. The van der Waals surface area contributed by atoms with Gasteiger partial charge in [-0.05, 0) is 12.1 Å². The number of nitrogens with zero attached hydrogens (tertiary/aromatic N) is 1. The quantitative estimate of drug-likeness (QED) is 0.599. The van der Waals surface area contributed by atoms with Gasteiger partial charge >= 0.3 is 12.0 Å². The number of para-hydroxylation sites is 1. The van der Waals surface area contributed by atoms with Crippen molar-refractivity contribution >= 4 is 17.7 Å². The summed E-state index contributed by atoms with van der Waals surface area (Å²) in [5.41, 5.74) is 0.711. The SMILES string of the molecule is COC(=O)C1CN1C(=O)Nc1ccccc1. The third kappa shape index (κ3) is 2.13. The largest absolute Gasteiger partial charge is 0.467 e. The molecule has 1 fully saturated rings. The number of carbonyl (C=O) groups excluding carboxylic acids is 2. The summed E-state index contributed by atoms with van der Waals surface area (Å²) in [7, 11) is 1.31. The fraction of sp³-hybridized carbons (Fsp3) is 0.273. The summed E-state index contributed by atoms with van der Waals surface area (Å²) >= 11 is 0. The molecule has 1 N–H and O–H groups in total. The Balaban J connectivity index is 1.89. The molecule has 0 aliphatic carbocycles. The Bertz CT molecular complexity index is 405. The number of benzene rings is 1. The smallest absolute Gasteiger partial charge is 0.330 e. The van der Waals surface area contributed by atoms with Crippen LogP contribution in [0, 0.1) is 0 Å². The van der Waals surface area contributed by atoms with Gasteiger partial charge in [0, 0.05) is 5.69 Å². The number of methoxy groups -OCH3 is 1. The molecule has 2 amide bonds. The van der Waals surface area contributed by atoms with Crippen LogP contribution in [0.1, 0.15) is 0 Å². The fourth-order valence-corrected chi connectivity index (χ4v) is 1.42. The van der Waals surface area contributed by atoms with E-state index < -0.39 is 6.04 Å². The predicted molar refractivity (Wildman–Crippen MR) is 58.0 cm³/mol. The molecule has 1 aliphatic rings. The van der Waals surface area contributed by atoms with Crippen LogP contribution in [0.5, 0.6) is 0 Å². The van der Waals surface area contributed by atoms with Crippen molar-refractivity contribution in [1.82, 2.24) is 4.90 Å². The standard InChI is InChI=1S/C11H12N2O3/c1-16-10(14)9-7-13(9)11(15)12-8-5-3-2-4-6-8/h2-6,9H,7H2,1H3,(H,12,15). The molecule has 1 unspecified atom stereocenters. The van der Waals surface area contributed by atoms with Crippen molar-refractivity contribution < 1.29 is 14.3 Å². The highest BCUT2D eigenvalue weighted by molar-refractivity contribution is 5.96. The maximum Gasteiger partial charge on any atom is 0.330 e. The summed E-state index contributed by atoms with van der Waals surface area (Å²) in [6, 6.07) is 8.40. The second-order valence-electron chi connectivity index (χ2n) is 3.49. The predicted octanol–water partition coefficient (Wildman–Crippen LogP) is 1.08. The molecule has 84 valence electrons. The van der Waals surface area contributed by atoms with Crippen molar-refractivity contribution in [3.63, 3.8) is 0 Å². The van der Waals surface area contributed by atoms with Crippen LogP contribution < -0.4 is 5.32 Å². The lowest BCUT2D eigenvalue weighted by Crippen LogP contribution is -2.24. The minimum Gasteiger partial charge on any atom is -0.467 e. The van der Waals surface area contributed by atoms with Crippen LogP contribution in [-0.4, -0.2) is 36.6 Å². The number of hydrogen-bond donors (Lipinski definition) is 1. The summed E-state index contributed by atoms with van der Waals surface area (Å²) < 4.78 is 4.54. The van der Waals surface area contributed by atoms with Gasteiger partial charge < -0.3 is 15.0 Å². The Morgan fingerprint density at radius 2 is 2.06 bits per heavy atom. The van der Waals surface area contributed by atoms with Crippen molar-refractivity contribution in [1.29, 1.82) is 0 Å². The lowest BCUT2D eigenvalue weighted by molar-refractivity contribution is -0.140. The Hall–Kier alpha value is -2.04. The molecular weight excluding hydrogens is 208 g/mol. The first-order valence-corrected chi connectivity index (χ1v) is 4.93. The van der Waals surface area contributed by atoms with E-state index in [9.17, 15) is 9.59 Å². The summed E-state index contributed by atoms with van der Waals surface area (Å²) in [5, 5.41) is 2.69. The van der Waals surface area contributed by atoms with E-state index in [2.05, 4.69) is 10.1 Å². The van der Waals surface area contributed by atoms with Crippen molar-refractivity contribution in [2.24, 2.45) is 0 Å². The monoisotopic (exact) mass is 220 g/mol. The van der Waals surface area contributed by atoms with Gasteiger partial charge in [0.15, 0.2) is 0 Å². The van der Waals surface area contributed by atoms with Gasteiger partial charge in [0.2, 0.25) is 0 Å². The molecule has 1 aliphatic heterocycles. The zero-order chi connectivity index (χ0) is 11.5. The van der Waals surface area contributed by atoms with Gasteiger partial charge in [-0.15, -0.1) is 0 Å². The number of rotatable bonds is 2. The maximum absolute atomic E-state index is 11.6. The van der Waals surface area contributed by atoms with Crippen molar-refractivity contribution in [2.75, 3.05) is 19.0 Å². The van der Waals surface area contributed by atoms with Crippen molar-refractivity contribution in [3.05, 3.63) is 30.3 Å². The van der Waals surface area contributed by atoms with Crippen LogP contribution in [0.15, 0.2) is 30.3 Å². The number of anilines is 1. The van der Waals surface area contributed by atoms with E-state index in [0.717, 1.165) is 0 Å². The average molecular weight is 220 g/mol. The summed E-state index contributed by atoms with van der Waals surface area (Å²) in [5.74, 6) is -0.372. The second-order valence-corrected chi connectivity index (χ2v) is 3.49. The molecule has 1 aromatic carbocycles. The Morgan fingerprint density at radius 1 is 1.38 bits per heavy atom. The third-order valence-electron chi connectivity index (χ3n) is 2.37. The molecule has 0 spiro atoms. The molecule has 1 heterocycles. The highest BCUT2D eigenvalue weighted by Gasteiger charge is 2.45. The van der Waals surface area contributed by atoms with Crippen molar-refractivity contribution in [2.45, 2.75) is 6.04 Å². The van der Waals surface area contributed by atoms with Gasteiger partial charge in [0.1, 0.15) is 6.04 Å². The third-order valence-corrected chi connectivity index (χ3v) is 2.37. The Morgan fingerprint density at radius 3 is 2.69 bits per heavy atom. The fourth-order valence-electron chi connectivity index (χ4n) is 1.42. The van der Waals surface area contributed by atoms with E-state index in [1.165, 1.54) is 12.0 Å². The topological polar surface area (TPSA) is 58.4 Å². The van der Waals surface area contributed by atoms with Gasteiger partial charge in [-0.25, -0.2) is 9.59 Å². The zero-order valence-corrected chi connectivity index (χ0v) is 8.84. The van der Waals surface area contributed by atoms with E-state index >= 15 is 0 Å². The molecule has 16 heavy (non-hydrogen) atoms. The highest BCUT2D eigenvalue weighted by Crippen LogP contribution is 2.20. The number of amides is 2. The number of carbonyl (C=O) groups is 2. The molecule has 5 heteroatoms. The second kappa shape index (κ2) is 4.22. The van der Waals surface area contributed by atoms with E-state index in [1.54, 1.807) is 12.1 Å². The number of urea groups is 1. The van der Waals surface area contributed by atoms with Gasteiger partial charge in [0.25, 0.3) is 0 Å². The lowest BCUT2D eigenvalue weighted by Gasteiger charge is -2.06. The van der Waals surface area contributed by atoms with Gasteiger partial charge in [0.05, 0.1) is 13.7 Å². The van der Waals surface area contributed by atoms with Crippen LogP contribution in [0.4, 0.5) is 10.5 Å². The van der Waals surface area contributed by atoms with E-state index in [-0.39, 0.29) is 12.0 Å². The molecule has 1 aromatic rings. The van der Waals surface area contributed by atoms with Crippen LogP contribution in [-0.2, 0) is 9.53 Å². The molecule has 2 rings (SSSR count). The number of ether oxygens (including phenoxy) is 1. The van der Waals surface area contributed by atoms with Crippen molar-refractivity contribution in [3.8, 4) is 0 Å². The van der Waals surface area contributed by atoms with E-state index in [4.69, 9.17) is 0 Å². The lowest BCUT2D eigenvalue weighted by atomic mass is 10.3. The molecule has 0 radical (unpaired) electrons. The number of hydrogen-bond acceptors (Lipinski definition) is 3. The zero-order valence-electron chi connectivity index (χ0n) is 8.84. The maximum atomic E-state index is 11.6. The first-order valence-electron chi connectivity index (χ1n) is 4.93. The minimum atomic E-state index is -0.422. The number of esters is 1. The van der Waals surface area contributed by atoms with Gasteiger partial charge in [-0.2, -0.15) is 0 Å². The molecule has 0 saturated carbocycles. The molecule has 5 nitrogen and oxygen atoms in total. The molecule has 0 aromatic heterocycles. The van der Waals surface area contributed by atoms with Crippen LogP contribution in [0.25, 0.3) is 0 Å². The van der Waals surface area contributed by atoms with Gasteiger partial charge in [-0.1, -0.05) is 18.2 Å². The van der Waals surface area contributed by atoms with E-state index in [1.807, 2.05) is 18.2 Å². The normalized spacial score (nSPS) is 17.8. The Labute approximate surface area is 93.0 Å². The van der Waals surface area contributed by atoms with Crippen LogP contribution >= 0.6 is 0 Å². The number of nitrogens with one attached hydrogen (secondary N) is 1. The highest BCUT2D eigenvalue weighted by atomic mass is 16.5. The molecular formula is C11H12N2O3. The first kappa shape index (κ1) is 10.5. The summed E-state index contributed by atoms with van der Waals surface area (Å²) in [6.07, 6.45) is 0. The minimum absolute atomic E-state index is 0.276. The average Bonchev–Trinajstić information content (AvgIpc) is 3.09. The summed E-state index contributed by atoms with van der Waals surface area (Å²) in [4.78, 5) is 24.1. The molecule has 1 atom stereocenters.